The predicted molar refractivity (Wildman–Crippen MR) is 70.7 cm³/mol. The summed E-state index contributed by atoms with van der Waals surface area (Å²) in [5.41, 5.74) is 0.754. The first-order valence-corrected chi connectivity index (χ1v) is 6.14. The molecular weight excluding hydrogens is 285 g/mol. The minimum Gasteiger partial charge on any atom is -0.477 e. The molecule has 0 fully saturated rings. The highest BCUT2D eigenvalue weighted by atomic mass is 35.5. The molecule has 5 nitrogen and oxygen atoms in total. The monoisotopic (exact) mass is 293 g/mol. The van der Waals surface area contributed by atoms with Crippen molar-refractivity contribution in [3.63, 3.8) is 0 Å². The average molecular weight is 294 g/mol. The minimum absolute atomic E-state index is 0.0578. The van der Waals surface area contributed by atoms with Gasteiger partial charge < -0.3 is 9.67 Å². The Morgan fingerprint density at radius 3 is 2.90 bits per heavy atom. The Morgan fingerprint density at radius 2 is 2.20 bits per heavy atom. The molecule has 102 valence electrons. The highest BCUT2D eigenvalue weighted by molar-refractivity contribution is 6.31. The second kappa shape index (κ2) is 4.64. The molecule has 7 heteroatoms. The molecule has 0 spiro atoms. The van der Waals surface area contributed by atoms with Crippen molar-refractivity contribution in [3.05, 3.63) is 58.8 Å². The number of nitrogens with zero attached hydrogens (tertiary/aromatic N) is 3. The van der Waals surface area contributed by atoms with Crippen LogP contribution in [0.1, 0.15) is 15.9 Å². The number of imidazole rings is 1. The van der Waals surface area contributed by atoms with Gasteiger partial charge in [-0.1, -0.05) is 17.7 Å². The van der Waals surface area contributed by atoms with Gasteiger partial charge in [0.25, 0.3) is 0 Å². The minimum atomic E-state index is -1.08. The number of rotatable bonds is 3. The normalized spacial score (nSPS) is 11.1. The SMILES string of the molecule is O=C(O)c1cnn2ccn(Cc3c(F)cccc3Cl)c12. The Balaban J connectivity index is 2.11. The molecule has 0 amide bonds. The molecule has 0 unspecified atom stereocenters. The molecule has 2 heterocycles. The number of carbonyl (C=O) groups is 1. The summed E-state index contributed by atoms with van der Waals surface area (Å²) in [4.78, 5) is 11.1. The molecule has 0 bridgehead atoms. The Bertz CT molecular complexity index is 789. The van der Waals surface area contributed by atoms with Crippen LogP contribution in [0.3, 0.4) is 0 Å². The lowest BCUT2D eigenvalue weighted by Gasteiger charge is -2.08. The van der Waals surface area contributed by atoms with E-state index in [9.17, 15) is 9.18 Å². The molecule has 1 N–H and O–H groups in total. The van der Waals surface area contributed by atoms with Gasteiger partial charge >= 0.3 is 5.97 Å². The summed E-state index contributed by atoms with van der Waals surface area (Å²) in [6, 6.07) is 4.43. The fraction of sp³-hybridized carbons (Fsp3) is 0.0769. The van der Waals surface area contributed by atoms with Gasteiger partial charge in [0.05, 0.1) is 12.7 Å². The van der Waals surface area contributed by atoms with Crippen molar-refractivity contribution in [3.8, 4) is 0 Å². The summed E-state index contributed by atoms with van der Waals surface area (Å²) in [5.74, 6) is -1.51. The van der Waals surface area contributed by atoms with Gasteiger partial charge in [-0.3, -0.25) is 0 Å². The van der Waals surface area contributed by atoms with Gasteiger partial charge in [-0.05, 0) is 12.1 Å². The molecule has 1 aromatic carbocycles. The predicted octanol–water partition coefficient (Wildman–Crippen LogP) is 2.67. The maximum atomic E-state index is 13.8. The van der Waals surface area contributed by atoms with E-state index in [2.05, 4.69) is 5.10 Å². The molecule has 0 atom stereocenters. The second-order valence-corrected chi connectivity index (χ2v) is 4.67. The standard InChI is InChI=1S/C13H9ClFN3O2/c14-10-2-1-3-11(15)9(10)7-17-4-5-18-12(17)8(6-16-18)13(19)20/h1-6H,7H2,(H,19,20). The molecule has 3 aromatic rings. The van der Waals surface area contributed by atoms with E-state index in [4.69, 9.17) is 16.7 Å². The fourth-order valence-corrected chi connectivity index (χ4v) is 2.32. The lowest BCUT2D eigenvalue weighted by Crippen LogP contribution is -2.05. The van der Waals surface area contributed by atoms with Crippen LogP contribution in [0.5, 0.6) is 0 Å². The summed E-state index contributed by atoms with van der Waals surface area (Å²) in [6.07, 6.45) is 4.51. The van der Waals surface area contributed by atoms with E-state index < -0.39 is 11.8 Å². The largest absolute Gasteiger partial charge is 0.477 e. The Hall–Kier alpha value is -2.34. The number of hydrogen-bond donors (Lipinski definition) is 1. The Labute approximate surface area is 117 Å². The van der Waals surface area contributed by atoms with Crippen LogP contribution in [-0.4, -0.2) is 25.3 Å². The number of aromatic carboxylic acids is 1. The van der Waals surface area contributed by atoms with Gasteiger partial charge in [0.15, 0.2) is 5.65 Å². The summed E-state index contributed by atoms with van der Waals surface area (Å²) in [7, 11) is 0. The zero-order valence-corrected chi connectivity index (χ0v) is 10.9. The van der Waals surface area contributed by atoms with Crippen molar-refractivity contribution >= 4 is 23.2 Å². The molecule has 0 aliphatic rings. The summed E-state index contributed by atoms with van der Waals surface area (Å²) in [6.45, 7) is 0.133. The average Bonchev–Trinajstić information content (AvgIpc) is 2.96. The molecule has 20 heavy (non-hydrogen) atoms. The van der Waals surface area contributed by atoms with Crippen molar-refractivity contribution in [2.75, 3.05) is 0 Å². The van der Waals surface area contributed by atoms with Gasteiger partial charge in [-0.2, -0.15) is 5.10 Å². The van der Waals surface area contributed by atoms with E-state index in [1.165, 1.54) is 22.8 Å². The lowest BCUT2D eigenvalue weighted by molar-refractivity contribution is 0.0698. The third kappa shape index (κ3) is 1.94. The zero-order valence-electron chi connectivity index (χ0n) is 10.1. The maximum absolute atomic E-state index is 13.8. The van der Waals surface area contributed by atoms with Crippen LogP contribution in [0.2, 0.25) is 5.02 Å². The van der Waals surface area contributed by atoms with Crippen molar-refractivity contribution in [1.82, 2.24) is 14.2 Å². The van der Waals surface area contributed by atoms with Crippen LogP contribution < -0.4 is 0 Å². The molecule has 3 rings (SSSR count). The number of benzene rings is 1. The van der Waals surface area contributed by atoms with E-state index in [-0.39, 0.29) is 12.1 Å². The van der Waals surface area contributed by atoms with Crippen LogP contribution in [0.25, 0.3) is 5.65 Å². The van der Waals surface area contributed by atoms with E-state index in [0.717, 1.165) is 0 Å². The van der Waals surface area contributed by atoms with Crippen LogP contribution in [0.15, 0.2) is 36.8 Å². The summed E-state index contributed by atoms with van der Waals surface area (Å²) < 4.78 is 16.8. The first kappa shape index (κ1) is 12.7. The first-order valence-electron chi connectivity index (χ1n) is 5.76. The van der Waals surface area contributed by atoms with Gasteiger partial charge in [-0.15, -0.1) is 0 Å². The van der Waals surface area contributed by atoms with Gasteiger partial charge in [0.1, 0.15) is 11.4 Å². The van der Waals surface area contributed by atoms with Crippen molar-refractivity contribution in [2.24, 2.45) is 0 Å². The molecule has 0 saturated carbocycles. The highest BCUT2D eigenvalue weighted by Gasteiger charge is 2.16. The lowest BCUT2D eigenvalue weighted by atomic mass is 10.2. The van der Waals surface area contributed by atoms with Crippen molar-refractivity contribution < 1.29 is 14.3 Å². The van der Waals surface area contributed by atoms with Crippen LogP contribution in [0.4, 0.5) is 4.39 Å². The second-order valence-electron chi connectivity index (χ2n) is 4.26. The van der Waals surface area contributed by atoms with Crippen molar-refractivity contribution in [2.45, 2.75) is 6.54 Å². The molecular formula is C13H9ClFN3O2. The molecule has 0 saturated heterocycles. The number of carboxylic acid groups (broad SMARTS) is 1. The quantitative estimate of drug-likeness (QED) is 0.807. The van der Waals surface area contributed by atoms with E-state index >= 15 is 0 Å². The van der Waals surface area contributed by atoms with Crippen LogP contribution >= 0.6 is 11.6 Å². The van der Waals surface area contributed by atoms with Crippen molar-refractivity contribution in [1.29, 1.82) is 0 Å². The summed E-state index contributed by atoms with van der Waals surface area (Å²) in [5, 5.41) is 13.4. The molecule has 0 aliphatic carbocycles. The van der Waals surface area contributed by atoms with Gasteiger partial charge in [-0.25, -0.2) is 13.7 Å². The number of aromatic nitrogens is 3. The smallest absolute Gasteiger partial charge is 0.341 e. The number of carboxylic acids is 1. The van der Waals surface area contributed by atoms with E-state index in [1.807, 2.05) is 0 Å². The third-order valence-corrected chi connectivity index (χ3v) is 3.40. The fourth-order valence-electron chi connectivity index (χ4n) is 2.10. The van der Waals surface area contributed by atoms with E-state index in [0.29, 0.717) is 16.2 Å². The Morgan fingerprint density at radius 1 is 1.40 bits per heavy atom. The first-order chi connectivity index (χ1) is 9.58. The van der Waals surface area contributed by atoms with Gasteiger partial charge in [0, 0.05) is 23.0 Å². The van der Waals surface area contributed by atoms with Gasteiger partial charge in [0.2, 0.25) is 0 Å². The highest BCUT2D eigenvalue weighted by Crippen LogP contribution is 2.22. The number of hydrogen-bond acceptors (Lipinski definition) is 2. The third-order valence-electron chi connectivity index (χ3n) is 3.05. The zero-order chi connectivity index (χ0) is 14.3. The van der Waals surface area contributed by atoms with E-state index in [1.54, 1.807) is 23.0 Å². The number of halogens is 2. The maximum Gasteiger partial charge on any atom is 0.341 e. The topological polar surface area (TPSA) is 59.5 Å². The molecule has 2 aromatic heterocycles. The molecule has 0 radical (unpaired) electrons. The molecule has 0 aliphatic heterocycles. The van der Waals surface area contributed by atoms with Crippen LogP contribution in [-0.2, 0) is 6.54 Å². The van der Waals surface area contributed by atoms with Crippen LogP contribution in [0, 0.1) is 5.82 Å². The number of fused-ring (bicyclic) bond motifs is 1. The summed E-state index contributed by atoms with van der Waals surface area (Å²) >= 11 is 5.98. The Kier molecular flexibility index (Phi) is 2.94.